The second-order valence-electron chi connectivity index (χ2n) is 3.95. The number of nitrogens with one attached hydrogen (secondary N) is 1. The van der Waals surface area contributed by atoms with E-state index in [2.05, 4.69) is 10.1 Å². The van der Waals surface area contributed by atoms with E-state index < -0.39 is 5.97 Å². The minimum absolute atomic E-state index is 0.0860. The van der Waals surface area contributed by atoms with Gasteiger partial charge in [-0.3, -0.25) is 4.79 Å². The van der Waals surface area contributed by atoms with Crippen molar-refractivity contribution >= 4 is 11.9 Å². The van der Waals surface area contributed by atoms with E-state index in [1.807, 2.05) is 30.3 Å². The molecule has 1 amide bonds. The number of hydrogen-bond donors (Lipinski definition) is 2. The van der Waals surface area contributed by atoms with Crippen LogP contribution in [0.3, 0.4) is 0 Å². The number of nitrogens with two attached hydrogens (primary N) is 1. The first-order chi connectivity index (χ1) is 9.15. The van der Waals surface area contributed by atoms with Crippen molar-refractivity contribution in [3.05, 3.63) is 48.0 Å². The summed E-state index contributed by atoms with van der Waals surface area (Å²) < 4.78 is 4.52. The first-order valence-electron chi connectivity index (χ1n) is 5.95. The maximum absolute atomic E-state index is 11.3. The van der Waals surface area contributed by atoms with Gasteiger partial charge in [-0.15, -0.1) is 0 Å². The number of rotatable bonds is 6. The van der Waals surface area contributed by atoms with Gasteiger partial charge < -0.3 is 15.8 Å². The minimum atomic E-state index is -0.458. The van der Waals surface area contributed by atoms with Gasteiger partial charge in [-0.25, -0.2) is 4.79 Å². The lowest BCUT2D eigenvalue weighted by Crippen LogP contribution is -2.39. The van der Waals surface area contributed by atoms with Crippen LogP contribution >= 0.6 is 0 Å². The highest BCUT2D eigenvalue weighted by atomic mass is 16.5. The zero-order valence-corrected chi connectivity index (χ0v) is 10.8. The van der Waals surface area contributed by atoms with E-state index in [0.29, 0.717) is 6.42 Å². The Morgan fingerprint density at radius 1 is 1.37 bits per heavy atom. The third-order valence-electron chi connectivity index (χ3n) is 2.50. The number of carbonyl (C=O) groups is 2. The molecule has 1 unspecified atom stereocenters. The summed E-state index contributed by atoms with van der Waals surface area (Å²) in [6.07, 6.45) is 3.48. The fourth-order valence-corrected chi connectivity index (χ4v) is 1.56. The van der Waals surface area contributed by atoms with Crippen molar-refractivity contribution in [1.82, 2.24) is 5.32 Å². The van der Waals surface area contributed by atoms with Gasteiger partial charge in [-0.2, -0.15) is 0 Å². The van der Waals surface area contributed by atoms with E-state index in [1.165, 1.54) is 13.2 Å². The maximum Gasteiger partial charge on any atom is 0.330 e. The third kappa shape index (κ3) is 5.83. The molecule has 1 rings (SSSR count). The van der Waals surface area contributed by atoms with Crippen LogP contribution in [-0.2, 0) is 20.7 Å². The van der Waals surface area contributed by atoms with Crippen LogP contribution in [0.4, 0.5) is 0 Å². The molecule has 0 aliphatic carbocycles. The lowest BCUT2D eigenvalue weighted by Gasteiger charge is -2.14. The quantitative estimate of drug-likeness (QED) is 0.574. The lowest BCUT2D eigenvalue weighted by atomic mass is 10.1. The lowest BCUT2D eigenvalue weighted by molar-refractivity contribution is -0.134. The van der Waals surface area contributed by atoms with Crippen LogP contribution in [0.5, 0.6) is 0 Å². The molecule has 1 aromatic carbocycles. The summed E-state index contributed by atoms with van der Waals surface area (Å²) in [6.45, 7) is -0.0860. The Morgan fingerprint density at radius 3 is 2.63 bits per heavy atom. The number of esters is 1. The molecule has 19 heavy (non-hydrogen) atoms. The molecule has 0 aliphatic heterocycles. The third-order valence-corrected chi connectivity index (χ3v) is 2.50. The van der Waals surface area contributed by atoms with E-state index >= 15 is 0 Å². The Kier molecular flexibility index (Phi) is 6.32. The Balaban J connectivity index is 2.71. The molecule has 0 saturated heterocycles. The molecule has 0 bridgehead atoms. The van der Waals surface area contributed by atoms with E-state index in [1.54, 1.807) is 6.08 Å². The van der Waals surface area contributed by atoms with Crippen LogP contribution < -0.4 is 11.1 Å². The highest BCUT2D eigenvalue weighted by Gasteiger charge is 2.09. The molecule has 0 aliphatic rings. The van der Waals surface area contributed by atoms with Gasteiger partial charge in [0.15, 0.2) is 0 Å². The average Bonchev–Trinajstić information content (AvgIpc) is 2.45. The zero-order chi connectivity index (χ0) is 14.1. The smallest absolute Gasteiger partial charge is 0.330 e. The van der Waals surface area contributed by atoms with E-state index in [9.17, 15) is 9.59 Å². The van der Waals surface area contributed by atoms with Crippen molar-refractivity contribution < 1.29 is 14.3 Å². The molecule has 5 nitrogen and oxygen atoms in total. The largest absolute Gasteiger partial charge is 0.466 e. The second-order valence-corrected chi connectivity index (χ2v) is 3.95. The van der Waals surface area contributed by atoms with Gasteiger partial charge in [-0.05, 0) is 12.0 Å². The van der Waals surface area contributed by atoms with Crippen molar-refractivity contribution in [2.24, 2.45) is 5.73 Å². The van der Waals surface area contributed by atoms with Gasteiger partial charge in [0, 0.05) is 6.08 Å². The van der Waals surface area contributed by atoms with Crippen molar-refractivity contribution in [2.75, 3.05) is 13.7 Å². The van der Waals surface area contributed by atoms with Crippen LogP contribution in [0, 0.1) is 0 Å². The highest BCUT2D eigenvalue weighted by Crippen LogP contribution is 2.04. The SMILES string of the molecule is COC(=O)/C=C/C(Cc1ccccc1)NC(=O)CN. The number of ether oxygens (including phenoxy) is 1. The van der Waals surface area contributed by atoms with Crippen LogP contribution in [-0.4, -0.2) is 31.6 Å². The topological polar surface area (TPSA) is 81.4 Å². The summed E-state index contributed by atoms with van der Waals surface area (Å²) in [5.41, 5.74) is 6.32. The molecule has 102 valence electrons. The zero-order valence-electron chi connectivity index (χ0n) is 10.8. The molecular formula is C14H18N2O3. The summed E-state index contributed by atoms with van der Waals surface area (Å²) in [5, 5.41) is 2.74. The van der Waals surface area contributed by atoms with Crippen molar-refractivity contribution in [2.45, 2.75) is 12.5 Å². The van der Waals surface area contributed by atoms with E-state index in [4.69, 9.17) is 5.73 Å². The van der Waals surface area contributed by atoms with Gasteiger partial charge in [0.2, 0.25) is 5.91 Å². The van der Waals surface area contributed by atoms with Crippen molar-refractivity contribution in [3.8, 4) is 0 Å². The Hall–Kier alpha value is -2.14. The predicted molar refractivity (Wildman–Crippen MR) is 72.3 cm³/mol. The van der Waals surface area contributed by atoms with Crippen LogP contribution in [0.25, 0.3) is 0 Å². The Morgan fingerprint density at radius 2 is 2.05 bits per heavy atom. The number of hydrogen-bond acceptors (Lipinski definition) is 4. The number of amides is 1. The van der Waals surface area contributed by atoms with Gasteiger partial charge in [0.25, 0.3) is 0 Å². The van der Waals surface area contributed by atoms with Crippen molar-refractivity contribution in [1.29, 1.82) is 0 Å². The highest BCUT2D eigenvalue weighted by molar-refractivity contribution is 5.82. The summed E-state index contributed by atoms with van der Waals surface area (Å²) in [5.74, 6) is -0.726. The molecule has 5 heteroatoms. The molecular weight excluding hydrogens is 244 g/mol. The maximum atomic E-state index is 11.3. The van der Waals surface area contributed by atoms with E-state index in [0.717, 1.165) is 5.56 Å². The summed E-state index contributed by atoms with van der Waals surface area (Å²) in [7, 11) is 1.30. The molecule has 0 saturated carbocycles. The van der Waals surface area contributed by atoms with Gasteiger partial charge in [0.1, 0.15) is 0 Å². The standard InChI is InChI=1S/C14H18N2O3/c1-19-14(18)8-7-12(16-13(17)10-15)9-11-5-3-2-4-6-11/h2-8,12H,9-10,15H2,1H3,(H,16,17)/b8-7+. The molecule has 0 heterocycles. The molecule has 0 spiro atoms. The Labute approximate surface area is 112 Å². The van der Waals surface area contributed by atoms with E-state index in [-0.39, 0.29) is 18.5 Å². The normalized spacial score (nSPS) is 12.1. The number of carbonyl (C=O) groups excluding carboxylic acids is 2. The van der Waals surface area contributed by atoms with Crippen LogP contribution in [0.1, 0.15) is 5.56 Å². The van der Waals surface area contributed by atoms with Gasteiger partial charge in [0.05, 0.1) is 19.7 Å². The van der Waals surface area contributed by atoms with Crippen molar-refractivity contribution in [3.63, 3.8) is 0 Å². The summed E-state index contributed by atoms with van der Waals surface area (Å²) >= 11 is 0. The monoisotopic (exact) mass is 262 g/mol. The first kappa shape index (κ1) is 14.9. The molecule has 0 radical (unpaired) electrons. The number of methoxy groups -OCH3 is 1. The number of benzene rings is 1. The molecule has 1 aromatic rings. The summed E-state index contributed by atoms with van der Waals surface area (Å²) in [6, 6.07) is 9.36. The van der Waals surface area contributed by atoms with Crippen LogP contribution in [0.2, 0.25) is 0 Å². The minimum Gasteiger partial charge on any atom is -0.466 e. The van der Waals surface area contributed by atoms with Gasteiger partial charge >= 0.3 is 5.97 Å². The Bertz CT molecular complexity index is 443. The first-order valence-corrected chi connectivity index (χ1v) is 5.95. The molecule has 1 atom stereocenters. The fraction of sp³-hybridized carbons (Fsp3) is 0.286. The van der Waals surface area contributed by atoms with Crippen LogP contribution in [0.15, 0.2) is 42.5 Å². The molecule has 3 N–H and O–H groups in total. The molecule has 0 fully saturated rings. The average molecular weight is 262 g/mol. The molecule has 0 aromatic heterocycles. The van der Waals surface area contributed by atoms with Gasteiger partial charge in [-0.1, -0.05) is 36.4 Å². The summed E-state index contributed by atoms with van der Waals surface area (Å²) in [4.78, 5) is 22.4. The predicted octanol–water partition coefficient (Wildman–Crippen LogP) is 0.402. The second kappa shape index (κ2) is 8.05. The fourth-order valence-electron chi connectivity index (χ4n) is 1.56.